The molecule has 0 saturated carbocycles. The van der Waals surface area contributed by atoms with E-state index in [1.165, 1.54) is 24.3 Å². The molecule has 26 heavy (non-hydrogen) atoms. The molecule has 3 nitrogen and oxygen atoms in total. The fraction of sp³-hybridized carbons (Fsp3) is 0.235. The summed E-state index contributed by atoms with van der Waals surface area (Å²) in [6.07, 6.45) is -9.32. The molecule has 0 radical (unpaired) electrons. The summed E-state index contributed by atoms with van der Waals surface area (Å²) >= 11 is 0. The van der Waals surface area contributed by atoms with Crippen LogP contribution in [0.1, 0.15) is 17.5 Å². The zero-order chi connectivity index (χ0) is 19.4. The number of halogens is 6. The van der Waals surface area contributed by atoms with Gasteiger partial charge in [0.15, 0.2) is 0 Å². The Bertz CT molecular complexity index is 770. The number of para-hydroxylation sites is 1. The van der Waals surface area contributed by atoms with Crippen LogP contribution >= 0.6 is 0 Å². The van der Waals surface area contributed by atoms with Crippen LogP contribution in [-0.4, -0.2) is 12.5 Å². The Balaban J connectivity index is 1.93. The summed E-state index contributed by atoms with van der Waals surface area (Å²) in [5, 5.41) is 4.80. The van der Waals surface area contributed by atoms with Gasteiger partial charge in [0.2, 0.25) is 5.91 Å². The molecule has 0 saturated heterocycles. The first kappa shape index (κ1) is 19.6. The minimum Gasteiger partial charge on any atom is -0.385 e. The van der Waals surface area contributed by atoms with Gasteiger partial charge in [-0.2, -0.15) is 26.3 Å². The Morgan fingerprint density at radius 1 is 0.885 bits per heavy atom. The fourth-order valence-electron chi connectivity index (χ4n) is 2.18. The monoisotopic (exact) mass is 376 g/mol. The van der Waals surface area contributed by atoms with E-state index >= 15 is 0 Å². The van der Waals surface area contributed by atoms with Gasteiger partial charge < -0.3 is 10.6 Å². The van der Waals surface area contributed by atoms with Crippen molar-refractivity contribution >= 4 is 17.3 Å². The molecule has 2 aromatic carbocycles. The first-order chi connectivity index (χ1) is 12.1. The number of carbonyl (C=O) groups is 1. The third kappa shape index (κ3) is 5.40. The molecule has 9 heteroatoms. The SMILES string of the molecule is O=C(CCNc1cccc(C(F)(F)F)c1)Nc1ccccc1C(F)(F)F. The third-order valence-electron chi connectivity index (χ3n) is 3.38. The van der Waals surface area contributed by atoms with Crippen LogP contribution in [0.2, 0.25) is 0 Å². The van der Waals surface area contributed by atoms with Gasteiger partial charge in [0, 0.05) is 18.7 Å². The van der Waals surface area contributed by atoms with Crippen molar-refractivity contribution in [2.24, 2.45) is 0 Å². The summed E-state index contributed by atoms with van der Waals surface area (Å²) in [5.74, 6) is -0.693. The minimum absolute atomic E-state index is 0.0403. The van der Waals surface area contributed by atoms with Gasteiger partial charge in [-0.1, -0.05) is 18.2 Å². The normalized spacial score (nSPS) is 11.9. The number of amides is 1. The summed E-state index contributed by atoms with van der Waals surface area (Å²) in [6, 6.07) is 8.93. The molecule has 0 aliphatic heterocycles. The van der Waals surface area contributed by atoms with Crippen LogP contribution < -0.4 is 10.6 Å². The van der Waals surface area contributed by atoms with Gasteiger partial charge in [-0.15, -0.1) is 0 Å². The number of carbonyl (C=O) groups excluding carboxylic acids is 1. The molecule has 0 atom stereocenters. The summed E-state index contributed by atoms with van der Waals surface area (Å²) < 4.78 is 76.4. The number of benzene rings is 2. The van der Waals surface area contributed by atoms with Crippen LogP contribution in [0.5, 0.6) is 0 Å². The summed E-state index contributed by atoms with van der Waals surface area (Å²) in [5.41, 5.74) is -2.03. The minimum atomic E-state index is -4.61. The lowest BCUT2D eigenvalue weighted by atomic mass is 10.1. The molecule has 2 N–H and O–H groups in total. The fourth-order valence-corrected chi connectivity index (χ4v) is 2.18. The highest BCUT2D eigenvalue weighted by atomic mass is 19.4. The Morgan fingerprint density at radius 3 is 2.23 bits per heavy atom. The molecular weight excluding hydrogens is 362 g/mol. The number of hydrogen-bond donors (Lipinski definition) is 2. The molecule has 0 bridgehead atoms. The maximum atomic E-state index is 12.9. The molecule has 0 unspecified atom stereocenters. The summed E-state index contributed by atoms with van der Waals surface area (Å²) in [4.78, 5) is 11.8. The summed E-state index contributed by atoms with van der Waals surface area (Å²) in [7, 11) is 0. The third-order valence-corrected chi connectivity index (χ3v) is 3.38. The van der Waals surface area contributed by atoms with Crippen molar-refractivity contribution in [2.75, 3.05) is 17.2 Å². The maximum absolute atomic E-state index is 12.9. The van der Waals surface area contributed by atoms with Crippen molar-refractivity contribution in [3.8, 4) is 0 Å². The maximum Gasteiger partial charge on any atom is 0.418 e. The van der Waals surface area contributed by atoms with Gasteiger partial charge in [0.25, 0.3) is 0 Å². The second-order valence-electron chi connectivity index (χ2n) is 5.35. The molecule has 140 valence electrons. The molecule has 0 aliphatic carbocycles. The van der Waals surface area contributed by atoms with Gasteiger partial charge >= 0.3 is 12.4 Å². The van der Waals surface area contributed by atoms with E-state index in [-0.39, 0.29) is 24.3 Å². The highest BCUT2D eigenvalue weighted by Gasteiger charge is 2.33. The van der Waals surface area contributed by atoms with Crippen molar-refractivity contribution in [1.29, 1.82) is 0 Å². The molecule has 0 aromatic heterocycles. The van der Waals surface area contributed by atoms with Gasteiger partial charge in [-0.25, -0.2) is 0 Å². The predicted molar refractivity (Wildman–Crippen MR) is 84.6 cm³/mol. The second-order valence-corrected chi connectivity index (χ2v) is 5.35. The molecule has 2 rings (SSSR count). The van der Waals surface area contributed by atoms with Crippen LogP contribution in [0.25, 0.3) is 0 Å². The Kier molecular flexibility index (Phi) is 5.79. The van der Waals surface area contributed by atoms with Crippen molar-refractivity contribution < 1.29 is 31.1 Å². The van der Waals surface area contributed by atoms with E-state index in [1.54, 1.807) is 0 Å². The van der Waals surface area contributed by atoms with Crippen molar-refractivity contribution in [2.45, 2.75) is 18.8 Å². The number of nitrogens with one attached hydrogen (secondary N) is 2. The topological polar surface area (TPSA) is 41.1 Å². The van der Waals surface area contributed by atoms with Crippen molar-refractivity contribution in [3.05, 3.63) is 59.7 Å². The Morgan fingerprint density at radius 2 is 1.58 bits per heavy atom. The van der Waals surface area contributed by atoms with Crippen LogP contribution in [0.4, 0.5) is 37.7 Å². The van der Waals surface area contributed by atoms with Crippen LogP contribution in [0.15, 0.2) is 48.5 Å². The lowest BCUT2D eigenvalue weighted by Crippen LogP contribution is -2.19. The quantitative estimate of drug-likeness (QED) is 0.708. The van der Waals surface area contributed by atoms with Crippen molar-refractivity contribution in [3.63, 3.8) is 0 Å². The van der Waals surface area contributed by atoms with Gasteiger partial charge in [0.05, 0.1) is 16.8 Å². The predicted octanol–water partition coefficient (Wildman–Crippen LogP) is 5.16. The first-order valence-electron chi connectivity index (χ1n) is 7.44. The highest BCUT2D eigenvalue weighted by molar-refractivity contribution is 5.91. The standard InChI is InChI=1S/C17H14F6N2O/c18-16(19,20)11-4-3-5-12(10-11)24-9-8-15(26)25-14-7-2-1-6-13(14)17(21,22)23/h1-7,10,24H,8-9H2,(H,25,26). The number of anilines is 2. The van der Waals surface area contributed by atoms with E-state index in [9.17, 15) is 31.1 Å². The van der Waals surface area contributed by atoms with Gasteiger partial charge in [-0.3, -0.25) is 4.79 Å². The average Bonchev–Trinajstić information content (AvgIpc) is 2.54. The van der Waals surface area contributed by atoms with E-state index < -0.39 is 29.4 Å². The molecule has 1 amide bonds. The summed E-state index contributed by atoms with van der Waals surface area (Å²) in [6.45, 7) is -0.0403. The van der Waals surface area contributed by atoms with Crippen molar-refractivity contribution in [1.82, 2.24) is 0 Å². The number of alkyl halides is 6. The molecule has 0 fully saturated rings. The van der Waals surface area contributed by atoms with E-state index in [0.29, 0.717) is 0 Å². The zero-order valence-electron chi connectivity index (χ0n) is 13.2. The van der Waals surface area contributed by atoms with Crippen LogP contribution in [-0.2, 0) is 17.1 Å². The van der Waals surface area contributed by atoms with Crippen LogP contribution in [0.3, 0.4) is 0 Å². The molecule has 2 aromatic rings. The van der Waals surface area contributed by atoms with E-state index in [2.05, 4.69) is 10.6 Å². The zero-order valence-corrected chi connectivity index (χ0v) is 13.2. The van der Waals surface area contributed by atoms with Gasteiger partial charge in [-0.05, 0) is 30.3 Å². The Hall–Kier alpha value is -2.71. The smallest absolute Gasteiger partial charge is 0.385 e. The van der Waals surface area contributed by atoms with Gasteiger partial charge in [0.1, 0.15) is 0 Å². The van der Waals surface area contributed by atoms with E-state index in [0.717, 1.165) is 24.3 Å². The lowest BCUT2D eigenvalue weighted by molar-refractivity contribution is -0.138. The number of hydrogen-bond acceptors (Lipinski definition) is 2. The largest absolute Gasteiger partial charge is 0.418 e. The van der Waals surface area contributed by atoms with E-state index in [4.69, 9.17) is 0 Å². The molecule has 0 aliphatic rings. The first-order valence-corrected chi connectivity index (χ1v) is 7.44. The van der Waals surface area contributed by atoms with Crippen LogP contribution in [0, 0.1) is 0 Å². The number of rotatable bonds is 5. The molecule has 0 heterocycles. The lowest BCUT2D eigenvalue weighted by Gasteiger charge is -2.14. The van der Waals surface area contributed by atoms with E-state index in [1.807, 2.05) is 0 Å². The highest BCUT2D eigenvalue weighted by Crippen LogP contribution is 2.34. The Labute approximate surface area is 145 Å². The molecule has 0 spiro atoms. The molecular formula is C17H14F6N2O. The second kappa shape index (κ2) is 7.67. The average molecular weight is 376 g/mol.